The fourth-order valence-corrected chi connectivity index (χ4v) is 2.95. The summed E-state index contributed by atoms with van der Waals surface area (Å²) in [5.74, 6) is 0.588. The number of aryl methyl sites for hydroxylation is 1. The molecule has 1 aliphatic rings. The van der Waals surface area contributed by atoms with Gasteiger partial charge in [-0.25, -0.2) is 0 Å². The summed E-state index contributed by atoms with van der Waals surface area (Å²) in [6.45, 7) is 2.85. The number of hydrogen-bond donors (Lipinski definition) is 1. The van der Waals surface area contributed by atoms with Crippen LogP contribution in [-0.4, -0.2) is 34.1 Å². The van der Waals surface area contributed by atoms with E-state index in [1.54, 1.807) is 17.0 Å². The minimum atomic E-state index is -4.47. The zero-order chi connectivity index (χ0) is 17.3. The van der Waals surface area contributed by atoms with Crippen molar-refractivity contribution in [2.75, 3.05) is 13.1 Å². The van der Waals surface area contributed by atoms with Gasteiger partial charge in [0.1, 0.15) is 5.76 Å². The van der Waals surface area contributed by atoms with Crippen molar-refractivity contribution < 1.29 is 22.4 Å². The zero-order valence-corrected chi connectivity index (χ0v) is 13.2. The van der Waals surface area contributed by atoms with Gasteiger partial charge in [0.2, 0.25) is 0 Å². The van der Waals surface area contributed by atoms with Crippen molar-refractivity contribution in [3.05, 3.63) is 41.1 Å². The summed E-state index contributed by atoms with van der Waals surface area (Å²) in [5.41, 5.74) is -0.520. The number of H-pyrrole nitrogens is 1. The first-order chi connectivity index (χ1) is 11.4. The van der Waals surface area contributed by atoms with Gasteiger partial charge in [0.25, 0.3) is 5.91 Å². The highest BCUT2D eigenvalue weighted by Gasteiger charge is 2.35. The number of carbonyl (C=O) groups is 1. The lowest BCUT2D eigenvalue weighted by atomic mass is 9.94. The smallest absolute Gasteiger partial charge is 0.435 e. The Labute approximate surface area is 136 Å². The van der Waals surface area contributed by atoms with Crippen LogP contribution in [0.25, 0.3) is 0 Å². The second kappa shape index (κ2) is 6.33. The van der Waals surface area contributed by atoms with Crippen LogP contribution in [-0.2, 0) is 12.6 Å². The van der Waals surface area contributed by atoms with Crippen LogP contribution in [0.1, 0.15) is 53.4 Å². The zero-order valence-electron chi connectivity index (χ0n) is 13.2. The van der Waals surface area contributed by atoms with Crippen molar-refractivity contribution >= 4 is 5.91 Å². The predicted octanol–water partition coefficient (Wildman–Crippen LogP) is 3.60. The van der Waals surface area contributed by atoms with Crippen LogP contribution < -0.4 is 0 Å². The van der Waals surface area contributed by atoms with E-state index in [1.807, 2.05) is 6.92 Å². The van der Waals surface area contributed by atoms with E-state index in [2.05, 4.69) is 10.2 Å². The molecule has 3 heterocycles. The Kier molecular flexibility index (Phi) is 4.38. The number of hydrogen-bond acceptors (Lipinski definition) is 3. The van der Waals surface area contributed by atoms with Gasteiger partial charge in [0.15, 0.2) is 11.5 Å². The molecule has 1 amide bonds. The molecule has 1 atom stereocenters. The third-order valence-electron chi connectivity index (χ3n) is 4.26. The monoisotopic (exact) mass is 341 g/mol. The van der Waals surface area contributed by atoms with E-state index in [-0.39, 0.29) is 17.6 Å². The summed E-state index contributed by atoms with van der Waals surface area (Å²) in [4.78, 5) is 14.1. The van der Waals surface area contributed by atoms with E-state index in [9.17, 15) is 18.0 Å². The number of aromatic nitrogens is 2. The molecule has 0 aromatic carbocycles. The fraction of sp³-hybridized carbons (Fsp3) is 0.500. The molecule has 2 aromatic heterocycles. The van der Waals surface area contributed by atoms with Crippen LogP contribution in [0.2, 0.25) is 0 Å². The third kappa shape index (κ3) is 3.32. The van der Waals surface area contributed by atoms with Crippen LogP contribution in [0.4, 0.5) is 13.2 Å². The number of nitrogens with zero attached hydrogens (tertiary/aromatic N) is 2. The Bertz CT molecular complexity index is 720. The van der Waals surface area contributed by atoms with E-state index < -0.39 is 11.9 Å². The highest BCUT2D eigenvalue weighted by atomic mass is 19.4. The molecule has 5 nitrogen and oxygen atoms in total. The number of rotatable bonds is 3. The topological polar surface area (TPSA) is 62.1 Å². The summed E-state index contributed by atoms with van der Waals surface area (Å²) in [6, 6.07) is 4.43. The van der Waals surface area contributed by atoms with E-state index in [1.165, 1.54) is 0 Å². The summed E-state index contributed by atoms with van der Waals surface area (Å²) >= 11 is 0. The number of nitrogens with one attached hydrogen (secondary N) is 1. The molecular formula is C16H18F3N3O2. The number of alkyl halides is 3. The van der Waals surface area contributed by atoms with Crippen molar-refractivity contribution in [1.29, 1.82) is 0 Å². The molecule has 2 aromatic rings. The lowest BCUT2D eigenvalue weighted by Crippen LogP contribution is -2.39. The Morgan fingerprint density at radius 2 is 2.25 bits per heavy atom. The van der Waals surface area contributed by atoms with Crippen LogP contribution >= 0.6 is 0 Å². The van der Waals surface area contributed by atoms with E-state index in [0.29, 0.717) is 31.6 Å². The molecule has 0 spiro atoms. The van der Waals surface area contributed by atoms with Crippen molar-refractivity contribution in [2.24, 2.45) is 0 Å². The lowest BCUT2D eigenvalue weighted by Gasteiger charge is -2.31. The average Bonchev–Trinajstić information content (AvgIpc) is 3.23. The van der Waals surface area contributed by atoms with Gasteiger partial charge in [-0.2, -0.15) is 18.3 Å². The van der Waals surface area contributed by atoms with Gasteiger partial charge in [0.05, 0.1) is 0 Å². The number of carbonyl (C=O) groups excluding carboxylic acids is 1. The molecule has 1 fully saturated rings. The summed E-state index contributed by atoms with van der Waals surface area (Å²) in [7, 11) is 0. The number of likely N-dealkylation sites (tertiary alicyclic amines) is 1. The maximum absolute atomic E-state index is 12.7. The third-order valence-corrected chi connectivity index (χ3v) is 4.26. The molecule has 0 bridgehead atoms. The predicted molar refractivity (Wildman–Crippen MR) is 79.6 cm³/mol. The molecule has 1 saturated heterocycles. The standard InChI is InChI=1S/C16H18F3N3O2/c1-2-11-5-6-13(24-11)15(23)22-7-3-4-10(9-22)12-8-14(21-20-12)16(17,18)19/h5-6,8,10H,2-4,7,9H2,1H3,(H,20,21)/t10-/m0/s1. The van der Waals surface area contributed by atoms with Gasteiger partial charge in [-0.1, -0.05) is 6.92 Å². The molecule has 0 aliphatic carbocycles. The molecule has 3 rings (SSSR count). The van der Waals surface area contributed by atoms with Gasteiger partial charge >= 0.3 is 6.18 Å². The van der Waals surface area contributed by atoms with Crippen molar-refractivity contribution in [1.82, 2.24) is 15.1 Å². The number of halogens is 3. The van der Waals surface area contributed by atoms with E-state index in [0.717, 1.165) is 18.2 Å². The number of amides is 1. The van der Waals surface area contributed by atoms with Gasteiger partial charge in [-0.3, -0.25) is 9.89 Å². The number of piperidine rings is 1. The SMILES string of the molecule is CCc1ccc(C(=O)N2CCC[C@H](c3cc(C(F)(F)F)n[nH]3)C2)o1. The molecule has 1 aliphatic heterocycles. The van der Waals surface area contributed by atoms with Crippen molar-refractivity contribution in [2.45, 2.75) is 38.3 Å². The van der Waals surface area contributed by atoms with Crippen molar-refractivity contribution in [3.8, 4) is 0 Å². The second-order valence-corrected chi connectivity index (χ2v) is 5.92. The van der Waals surface area contributed by atoms with Crippen molar-refractivity contribution in [3.63, 3.8) is 0 Å². The molecule has 1 N–H and O–H groups in total. The first-order valence-electron chi connectivity index (χ1n) is 7.89. The van der Waals surface area contributed by atoms with E-state index in [4.69, 9.17) is 4.42 Å². The minimum absolute atomic E-state index is 0.188. The highest BCUT2D eigenvalue weighted by Crippen LogP contribution is 2.32. The summed E-state index contributed by atoms with van der Waals surface area (Å²) in [6.07, 6.45) is -2.34. The number of furan rings is 1. The van der Waals surface area contributed by atoms with Gasteiger partial charge in [-0.05, 0) is 31.0 Å². The summed E-state index contributed by atoms with van der Waals surface area (Å²) < 4.78 is 43.5. The second-order valence-electron chi connectivity index (χ2n) is 5.92. The van der Waals surface area contributed by atoms with Crippen LogP contribution in [0.15, 0.2) is 22.6 Å². The van der Waals surface area contributed by atoms with Crippen LogP contribution in [0, 0.1) is 0 Å². The normalized spacial score (nSPS) is 18.8. The van der Waals surface area contributed by atoms with Crippen LogP contribution in [0.3, 0.4) is 0 Å². The Hall–Kier alpha value is -2.25. The molecule has 8 heteroatoms. The molecule has 0 unspecified atom stereocenters. The first kappa shape index (κ1) is 16.6. The maximum Gasteiger partial charge on any atom is 0.435 e. The Balaban J connectivity index is 1.72. The summed E-state index contributed by atoms with van der Waals surface area (Å²) in [5, 5.41) is 5.80. The molecular weight excluding hydrogens is 323 g/mol. The highest BCUT2D eigenvalue weighted by molar-refractivity contribution is 5.91. The van der Waals surface area contributed by atoms with Gasteiger partial charge < -0.3 is 9.32 Å². The maximum atomic E-state index is 12.7. The fourth-order valence-electron chi connectivity index (χ4n) is 2.95. The van der Waals surface area contributed by atoms with Gasteiger partial charge in [0, 0.05) is 31.1 Å². The number of aromatic amines is 1. The molecule has 24 heavy (non-hydrogen) atoms. The Morgan fingerprint density at radius 3 is 2.88 bits per heavy atom. The molecule has 0 saturated carbocycles. The van der Waals surface area contributed by atoms with Gasteiger partial charge in [-0.15, -0.1) is 0 Å². The Morgan fingerprint density at radius 1 is 1.46 bits per heavy atom. The van der Waals surface area contributed by atoms with E-state index >= 15 is 0 Å². The minimum Gasteiger partial charge on any atom is -0.456 e. The first-order valence-corrected chi connectivity index (χ1v) is 7.89. The quantitative estimate of drug-likeness (QED) is 0.928. The molecule has 0 radical (unpaired) electrons. The lowest BCUT2D eigenvalue weighted by molar-refractivity contribution is -0.141. The molecule has 130 valence electrons. The van der Waals surface area contributed by atoms with Crippen LogP contribution in [0.5, 0.6) is 0 Å². The average molecular weight is 341 g/mol. The largest absolute Gasteiger partial charge is 0.456 e.